The minimum atomic E-state index is 0.879. The Balaban J connectivity index is 1.96. The largest absolute Gasteiger partial charge is 0.317 e. The molecule has 114 valence electrons. The van der Waals surface area contributed by atoms with Crippen molar-refractivity contribution < 1.29 is 0 Å². The van der Waals surface area contributed by atoms with Gasteiger partial charge in [0, 0.05) is 14.7 Å². The third-order valence-electron chi connectivity index (χ3n) is 4.69. The molecule has 0 amide bonds. The molecule has 3 heteroatoms. The van der Waals surface area contributed by atoms with Crippen LogP contribution in [0.2, 0.25) is 0 Å². The first kappa shape index (κ1) is 16.5. The first-order valence-corrected chi connectivity index (χ1v) is 9.83. The van der Waals surface area contributed by atoms with Crippen molar-refractivity contribution in [1.29, 1.82) is 0 Å². The molecular formula is C17H28BrNS. The summed E-state index contributed by atoms with van der Waals surface area (Å²) < 4.78 is 1.25. The molecular weight excluding hydrogens is 330 g/mol. The van der Waals surface area contributed by atoms with Crippen LogP contribution in [0, 0.1) is 17.8 Å². The van der Waals surface area contributed by atoms with Gasteiger partial charge in [-0.3, -0.25) is 0 Å². The Hall–Kier alpha value is 0.140. The average Bonchev–Trinajstić information content (AvgIpc) is 2.84. The lowest BCUT2D eigenvalue weighted by Crippen LogP contribution is -2.34. The maximum atomic E-state index is 3.59. The Labute approximate surface area is 136 Å². The van der Waals surface area contributed by atoms with Crippen LogP contribution in [0.15, 0.2) is 15.9 Å². The highest BCUT2D eigenvalue weighted by atomic mass is 79.9. The fourth-order valence-corrected chi connectivity index (χ4v) is 5.21. The summed E-state index contributed by atoms with van der Waals surface area (Å²) in [5.74, 6) is 2.74. The van der Waals surface area contributed by atoms with E-state index in [2.05, 4.69) is 46.5 Å². The summed E-state index contributed by atoms with van der Waals surface area (Å²) in [6, 6.07) is 2.32. The van der Waals surface area contributed by atoms with E-state index in [0.717, 1.165) is 24.3 Å². The Morgan fingerprint density at radius 1 is 1.30 bits per heavy atom. The lowest BCUT2D eigenvalue weighted by molar-refractivity contribution is 0.169. The second-order valence-electron chi connectivity index (χ2n) is 6.23. The van der Waals surface area contributed by atoms with E-state index in [0.29, 0.717) is 0 Å². The van der Waals surface area contributed by atoms with Crippen molar-refractivity contribution in [1.82, 2.24) is 5.32 Å². The molecule has 0 aromatic carbocycles. The second-order valence-corrected chi connectivity index (χ2v) is 8.14. The topological polar surface area (TPSA) is 12.0 Å². The van der Waals surface area contributed by atoms with E-state index in [1.807, 2.05) is 11.3 Å². The number of thiophene rings is 1. The monoisotopic (exact) mass is 357 g/mol. The summed E-state index contributed by atoms with van der Waals surface area (Å²) in [6.45, 7) is 6.86. The van der Waals surface area contributed by atoms with Crippen LogP contribution in [0.4, 0.5) is 0 Å². The second kappa shape index (κ2) is 8.55. The molecule has 20 heavy (non-hydrogen) atoms. The lowest BCUT2D eigenvalue weighted by atomic mass is 9.71. The zero-order valence-electron chi connectivity index (χ0n) is 12.8. The third-order valence-corrected chi connectivity index (χ3v) is 6.41. The lowest BCUT2D eigenvalue weighted by Gasteiger charge is -2.36. The van der Waals surface area contributed by atoms with Gasteiger partial charge in [-0.1, -0.05) is 33.1 Å². The molecule has 1 aromatic rings. The van der Waals surface area contributed by atoms with Crippen LogP contribution in [0.3, 0.4) is 0 Å². The Bertz CT molecular complexity index is 390. The van der Waals surface area contributed by atoms with Gasteiger partial charge in [-0.2, -0.15) is 0 Å². The standard InChI is InChI=1S/C17H28BrNS/c1-3-5-13-6-7-14(11-19-4-2)15(8-13)9-17-10-16(18)12-20-17/h10,12-15,19H,3-9,11H2,1-2H3. The summed E-state index contributed by atoms with van der Waals surface area (Å²) in [7, 11) is 0. The van der Waals surface area contributed by atoms with Gasteiger partial charge >= 0.3 is 0 Å². The number of nitrogens with one attached hydrogen (secondary N) is 1. The average molecular weight is 358 g/mol. The predicted molar refractivity (Wildman–Crippen MR) is 93.5 cm³/mol. The molecule has 1 heterocycles. The van der Waals surface area contributed by atoms with E-state index in [-0.39, 0.29) is 0 Å². The van der Waals surface area contributed by atoms with Crippen molar-refractivity contribution >= 4 is 27.3 Å². The fourth-order valence-electron chi connectivity index (χ4n) is 3.66. The minimum Gasteiger partial charge on any atom is -0.317 e. The number of hydrogen-bond acceptors (Lipinski definition) is 2. The SMILES string of the molecule is CCCC1CCC(CNCC)C(Cc2cc(Br)cs2)C1. The van der Waals surface area contributed by atoms with Gasteiger partial charge in [0.25, 0.3) is 0 Å². The van der Waals surface area contributed by atoms with Gasteiger partial charge in [-0.15, -0.1) is 11.3 Å². The maximum absolute atomic E-state index is 3.59. The molecule has 3 unspecified atom stereocenters. The fraction of sp³-hybridized carbons (Fsp3) is 0.765. The van der Waals surface area contributed by atoms with E-state index in [1.54, 1.807) is 4.88 Å². The van der Waals surface area contributed by atoms with E-state index < -0.39 is 0 Å². The van der Waals surface area contributed by atoms with E-state index in [1.165, 1.54) is 49.5 Å². The Morgan fingerprint density at radius 2 is 2.15 bits per heavy atom. The normalized spacial score (nSPS) is 26.9. The summed E-state index contributed by atoms with van der Waals surface area (Å²) in [5.41, 5.74) is 0. The molecule has 1 aliphatic rings. The zero-order valence-corrected chi connectivity index (χ0v) is 15.2. The van der Waals surface area contributed by atoms with Crippen molar-refractivity contribution in [3.63, 3.8) is 0 Å². The van der Waals surface area contributed by atoms with Crippen LogP contribution < -0.4 is 5.32 Å². The molecule has 1 saturated carbocycles. The summed E-state index contributed by atoms with van der Waals surface area (Å²) in [6.07, 6.45) is 8.38. The van der Waals surface area contributed by atoms with Crippen LogP contribution in [-0.2, 0) is 6.42 Å². The summed E-state index contributed by atoms with van der Waals surface area (Å²) in [5, 5.41) is 5.80. The predicted octanol–water partition coefficient (Wildman–Crippen LogP) is 5.50. The molecule has 1 aromatic heterocycles. The van der Waals surface area contributed by atoms with E-state index in [4.69, 9.17) is 0 Å². The highest BCUT2D eigenvalue weighted by Gasteiger charge is 2.30. The summed E-state index contributed by atoms with van der Waals surface area (Å²) >= 11 is 5.51. The molecule has 1 N–H and O–H groups in total. The highest BCUT2D eigenvalue weighted by molar-refractivity contribution is 9.10. The van der Waals surface area contributed by atoms with Crippen LogP contribution in [0.25, 0.3) is 0 Å². The first-order chi connectivity index (χ1) is 9.72. The third kappa shape index (κ3) is 4.85. The van der Waals surface area contributed by atoms with Crippen molar-refractivity contribution in [3.05, 3.63) is 20.8 Å². The Morgan fingerprint density at radius 3 is 2.80 bits per heavy atom. The molecule has 0 aliphatic heterocycles. The van der Waals surface area contributed by atoms with Gasteiger partial charge in [0.15, 0.2) is 0 Å². The van der Waals surface area contributed by atoms with Crippen LogP contribution in [0.1, 0.15) is 50.8 Å². The quantitative estimate of drug-likeness (QED) is 0.679. The molecule has 0 radical (unpaired) electrons. The molecule has 0 bridgehead atoms. The number of halogens is 1. The molecule has 3 atom stereocenters. The van der Waals surface area contributed by atoms with Crippen LogP contribution in [-0.4, -0.2) is 13.1 Å². The zero-order chi connectivity index (χ0) is 14.4. The molecule has 0 spiro atoms. The van der Waals surface area contributed by atoms with Crippen molar-refractivity contribution in [2.75, 3.05) is 13.1 Å². The van der Waals surface area contributed by atoms with Crippen molar-refractivity contribution in [2.45, 2.75) is 52.4 Å². The van der Waals surface area contributed by atoms with Gasteiger partial charge < -0.3 is 5.32 Å². The van der Waals surface area contributed by atoms with Gasteiger partial charge in [-0.05, 0) is 72.1 Å². The van der Waals surface area contributed by atoms with Gasteiger partial charge in [0.2, 0.25) is 0 Å². The van der Waals surface area contributed by atoms with Gasteiger partial charge in [0.05, 0.1) is 0 Å². The van der Waals surface area contributed by atoms with Gasteiger partial charge in [0.1, 0.15) is 0 Å². The van der Waals surface area contributed by atoms with Crippen LogP contribution >= 0.6 is 27.3 Å². The highest BCUT2D eigenvalue weighted by Crippen LogP contribution is 2.38. The molecule has 1 fully saturated rings. The minimum absolute atomic E-state index is 0.879. The van der Waals surface area contributed by atoms with Crippen molar-refractivity contribution in [2.24, 2.45) is 17.8 Å². The first-order valence-electron chi connectivity index (χ1n) is 8.16. The number of rotatable bonds is 7. The molecule has 1 nitrogen and oxygen atoms in total. The number of hydrogen-bond donors (Lipinski definition) is 1. The molecule has 1 aliphatic carbocycles. The summed E-state index contributed by atoms with van der Waals surface area (Å²) in [4.78, 5) is 1.56. The smallest absolute Gasteiger partial charge is 0.0285 e. The van der Waals surface area contributed by atoms with E-state index in [9.17, 15) is 0 Å². The van der Waals surface area contributed by atoms with E-state index >= 15 is 0 Å². The Kier molecular flexibility index (Phi) is 7.06. The van der Waals surface area contributed by atoms with Crippen molar-refractivity contribution in [3.8, 4) is 0 Å². The van der Waals surface area contributed by atoms with Crippen LogP contribution in [0.5, 0.6) is 0 Å². The van der Waals surface area contributed by atoms with Gasteiger partial charge in [-0.25, -0.2) is 0 Å². The maximum Gasteiger partial charge on any atom is 0.0285 e. The molecule has 2 rings (SSSR count). The molecule has 0 saturated heterocycles.